The van der Waals surface area contributed by atoms with Crippen molar-refractivity contribution in [1.82, 2.24) is 0 Å². The van der Waals surface area contributed by atoms with Crippen LogP contribution >= 0.6 is 11.6 Å². The van der Waals surface area contributed by atoms with Crippen LogP contribution in [-0.2, 0) is 11.3 Å². The van der Waals surface area contributed by atoms with E-state index in [1.54, 1.807) is 0 Å². The van der Waals surface area contributed by atoms with Gasteiger partial charge in [0, 0.05) is 5.88 Å². The molecule has 0 saturated heterocycles. The predicted molar refractivity (Wildman–Crippen MR) is 68.6 cm³/mol. The summed E-state index contributed by atoms with van der Waals surface area (Å²) in [6.45, 7) is 11.3. The Hall–Kier alpha value is -0.490. The third-order valence-electron chi connectivity index (χ3n) is 3.67. The average Bonchev–Trinajstić information content (AvgIpc) is 2.17. The van der Waals surface area contributed by atoms with Crippen LogP contribution in [-0.4, -0.2) is 0 Å². The fourth-order valence-electron chi connectivity index (χ4n) is 1.58. The van der Waals surface area contributed by atoms with E-state index in [0.717, 1.165) is 0 Å². The molecule has 0 heterocycles. The van der Waals surface area contributed by atoms with Crippen LogP contribution in [0.3, 0.4) is 0 Å². The first kappa shape index (κ1) is 12.6. The molecule has 1 aromatic rings. The summed E-state index contributed by atoms with van der Waals surface area (Å²) in [4.78, 5) is 0. The summed E-state index contributed by atoms with van der Waals surface area (Å²) in [6.07, 6.45) is 0. The molecule has 0 bridgehead atoms. The highest BCUT2D eigenvalue weighted by Gasteiger charge is 2.24. The van der Waals surface area contributed by atoms with E-state index < -0.39 is 0 Å². The Balaban J connectivity index is 3.12. The highest BCUT2D eigenvalue weighted by Crippen LogP contribution is 2.32. The van der Waals surface area contributed by atoms with Gasteiger partial charge in [0.1, 0.15) is 0 Å². The summed E-state index contributed by atoms with van der Waals surface area (Å²) >= 11 is 5.86. The first-order valence-electron chi connectivity index (χ1n) is 5.55. The molecule has 0 N–H and O–H groups in total. The van der Waals surface area contributed by atoms with Crippen LogP contribution in [0.5, 0.6) is 0 Å². The van der Waals surface area contributed by atoms with Gasteiger partial charge >= 0.3 is 0 Å². The highest BCUT2D eigenvalue weighted by molar-refractivity contribution is 6.17. The fraction of sp³-hybridized carbons (Fsp3) is 0.571. The van der Waals surface area contributed by atoms with E-state index >= 15 is 0 Å². The van der Waals surface area contributed by atoms with Crippen molar-refractivity contribution in [2.75, 3.05) is 0 Å². The average molecular weight is 225 g/mol. The van der Waals surface area contributed by atoms with Crippen molar-refractivity contribution in [2.45, 2.75) is 45.9 Å². The van der Waals surface area contributed by atoms with E-state index in [-0.39, 0.29) is 5.41 Å². The van der Waals surface area contributed by atoms with Crippen molar-refractivity contribution >= 4 is 11.6 Å². The van der Waals surface area contributed by atoms with Gasteiger partial charge in [0.25, 0.3) is 0 Å². The molecule has 0 aromatic heterocycles. The quantitative estimate of drug-likeness (QED) is 0.655. The third kappa shape index (κ3) is 2.55. The molecule has 0 radical (unpaired) electrons. The molecule has 0 unspecified atom stereocenters. The molecule has 15 heavy (non-hydrogen) atoms. The lowest BCUT2D eigenvalue weighted by Crippen LogP contribution is -2.24. The summed E-state index contributed by atoms with van der Waals surface area (Å²) in [5.41, 5.74) is 4.18. The molecular weight excluding hydrogens is 204 g/mol. The lowest BCUT2D eigenvalue weighted by molar-refractivity contribution is 0.372. The van der Waals surface area contributed by atoms with Gasteiger partial charge in [0.15, 0.2) is 0 Å². The standard InChI is InChI=1S/C14H21Cl/c1-10(2)14(4,5)13-7-6-12(9-15)11(3)8-13/h6-8,10H,9H2,1-5H3. The largest absolute Gasteiger partial charge is 0.122 e. The summed E-state index contributed by atoms with van der Waals surface area (Å²) in [6, 6.07) is 6.64. The normalized spacial score (nSPS) is 12.2. The van der Waals surface area contributed by atoms with Crippen molar-refractivity contribution < 1.29 is 0 Å². The van der Waals surface area contributed by atoms with E-state index in [4.69, 9.17) is 11.6 Å². The van der Waals surface area contributed by atoms with Crippen molar-refractivity contribution in [3.8, 4) is 0 Å². The Morgan fingerprint density at radius 3 is 2.27 bits per heavy atom. The Kier molecular flexibility index (Phi) is 3.83. The second-order valence-electron chi connectivity index (χ2n) is 5.15. The molecule has 84 valence electrons. The second kappa shape index (κ2) is 4.57. The molecule has 0 fully saturated rings. The van der Waals surface area contributed by atoms with Gasteiger partial charge in [-0.2, -0.15) is 0 Å². The molecule has 0 amide bonds. The van der Waals surface area contributed by atoms with Gasteiger partial charge in [-0.05, 0) is 34.9 Å². The van der Waals surface area contributed by atoms with Crippen molar-refractivity contribution in [3.63, 3.8) is 0 Å². The molecule has 0 spiro atoms. The number of rotatable bonds is 3. The fourth-order valence-corrected chi connectivity index (χ4v) is 1.88. The zero-order valence-electron chi connectivity index (χ0n) is 10.4. The van der Waals surface area contributed by atoms with E-state index in [1.807, 2.05) is 0 Å². The number of halogens is 1. The number of hydrogen-bond acceptors (Lipinski definition) is 0. The first-order valence-corrected chi connectivity index (χ1v) is 6.09. The van der Waals surface area contributed by atoms with Gasteiger partial charge in [-0.15, -0.1) is 11.6 Å². The minimum absolute atomic E-state index is 0.232. The summed E-state index contributed by atoms with van der Waals surface area (Å²) in [7, 11) is 0. The third-order valence-corrected chi connectivity index (χ3v) is 3.96. The van der Waals surface area contributed by atoms with E-state index in [2.05, 4.69) is 52.8 Å². The van der Waals surface area contributed by atoms with Crippen LogP contribution in [0.4, 0.5) is 0 Å². The SMILES string of the molecule is Cc1cc(C(C)(C)C(C)C)ccc1CCl. The maximum absolute atomic E-state index is 5.86. The van der Waals surface area contributed by atoms with Gasteiger partial charge in [-0.3, -0.25) is 0 Å². The van der Waals surface area contributed by atoms with Crippen LogP contribution in [0.25, 0.3) is 0 Å². The van der Waals surface area contributed by atoms with Crippen LogP contribution in [0.1, 0.15) is 44.4 Å². The van der Waals surface area contributed by atoms with E-state index in [9.17, 15) is 0 Å². The lowest BCUT2D eigenvalue weighted by Gasteiger charge is -2.30. The molecule has 1 rings (SSSR count). The second-order valence-corrected chi connectivity index (χ2v) is 5.42. The van der Waals surface area contributed by atoms with Crippen LogP contribution in [0.2, 0.25) is 0 Å². The number of hydrogen-bond donors (Lipinski definition) is 0. The predicted octanol–water partition coefficient (Wildman–Crippen LogP) is 4.67. The van der Waals surface area contributed by atoms with Crippen molar-refractivity contribution in [1.29, 1.82) is 0 Å². The van der Waals surface area contributed by atoms with Gasteiger partial charge in [0.2, 0.25) is 0 Å². The molecule has 0 aliphatic rings. The van der Waals surface area contributed by atoms with E-state index in [0.29, 0.717) is 11.8 Å². The van der Waals surface area contributed by atoms with Gasteiger partial charge in [-0.1, -0.05) is 45.9 Å². The van der Waals surface area contributed by atoms with Crippen molar-refractivity contribution in [3.05, 3.63) is 34.9 Å². The summed E-state index contributed by atoms with van der Waals surface area (Å²) in [5, 5.41) is 0. The minimum Gasteiger partial charge on any atom is -0.122 e. The van der Waals surface area contributed by atoms with Gasteiger partial charge in [0.05, 0.1) is 0 Å². The maximum atomic E-state index is 5.86. The maximum Gasteiger partial charge on any atom is 0.0476 e. The molecular formula is C14H21Cl. The minimum atomic E-state index is 0.232. The molecule has 0 atom stereocenters. The summed E-state index contributed by atoms with van der Waals surface area (Å²) < 4.78 is 0. The molecule has 0 saturated carbocycles. The van der Waals surface area contributed by atoms with Crippen LogP contribution < -0.4 is 0 Å². The number of benzene rings is 1. The monoisotopic (exact) mass is 224 g/mol. The molecule has 1 heteroatoms. The van der Waals surface area contributed by atoms with Gasteiger partial charge < -0.3 is 0 Å². The Morgan fingerprint density at radius 1 is 1.27 bits per heavy atom. The Bertz CT molecular complexity index is 337. The smallest absolute Gasteiger partial charge is 0.0476 e. The molecule has 0 nitrogen and oxygen atoms in total. The molecule has 0 aliphatic carbocycles. The lowest BCUT2D eigenvalue weighted by atomic mass is 9.74. The topological polar surface area (TPSA) is 0 Å². The zero-order valence-corrected chi connectivity index (χ0v) is 11.2. The zero-order chi connectivity index (χ0) is 11.6. The summed E-state index contributed by atoms with van der Waals surface area (Å²) in [5.74, 6) is 1.24. The molecule has 1 aromatic carbocycles. The van der Waals surface area contributed by atoms with Crippen LogP contribution in [0, 0.1) is 12.8 Å². The number of aryl methyl sites for hydroxylation is 1. The highest BCUT2D eigenvalue weighted by atomic mass is 35.5. The number of alkyl halides is 1. The van der Waals surface area contributed by atoms with E-state index in [1.165, 1.54) is 16.7 Å². The van der Waals surface area contributed by atoms with Gasteiger partial charge in [-0.25, -0.2) is 0 Å². The first-order chi connectivity index (χ1) is 6.89. The Morgan fingerprint density at radius 2 is 1.87 bits per heavy atom. The molecule has 0 aliphatic heterocycles. The van der Waals surface area contributed by atoms with Crippen LogP contribution in [0.15, 0.2) is 18.2 Å². The van der Waals surface area contributed by atoms with Crippen molar-refractivity contribution in [2.24, 2.45) is 5.92 Å². The Labute approximate surface area is 98.7 Å².